The Morgan fingerprint density at radius 2 is 2.40 bits per heavy atom. The fourth-order valence-corrected chi connectivity index (χ4v) is 2.69. The molecule has 20 heavy (non-hydrogen) atoms. The van der Waals surface area contributed by atoms with E-state index in [1.54, 1.807) is 26.3 Å². The van der Waals surface area contributed by atoms with Crippen LogP contribution in [0.5, 0.6) is 0 Å². The smallest absolute Gasteiger partial charge is 0.274 e. The molecule has 1 unspecified atom stereocenters. The molecule has 6 heteroatoms. The molecule has 1 aliphatic heterocycles. The summed E-state index contributed by atoms with van der Waals surface area (Å²) in [6, 6.07) is 3.45. The van der Waals surface area contributed by atoms with Crippen LogP contribution in [-0.2, 0) is 4.74 Å². The Morgan fingerprint density at radius 3 is 3.10 bits per heavy atom. The minimum Gasteiger partial charge on any atom is -0.384 e. The Morgan fingerprint density at radius 1 is 1.60 bits per heavy atom. The number of aromatic nitrogens is 1. The summed E-state index contributed by atoms with van der Waals surface area (Å²) >= 11 is 6.10. The molecule has 110 valence electrons. The van der Waals surface area contributed by atoms with Gasteiger partial charge in [-0.2, -0.15) is 0 Å². The average molecular weight is 298 g/mol. The van der Waals surface area contributed by atoms with Crippen LogP contribution in [0, 0.1) is 5.92 Å². The first kappa shape index (κ1) is 15.1. The number of anilines is 1. The molecular formula is C14H20ClN3O2. The number of piperidine rings is 1. The van der Waals surface area contributed by atoms with Crippen molar-refractivity contribution in [3.63, 3.8) is 0 Å². The van der Waals surface area contributed by atoms with Crippen molar-refractivity contribution in [2.24, 2.45) is 5.92 Å². The lowest BCUT2D eigenvalue weighted by Gasteiger charge is -2.32. The van der Waals surface area contributed by atoms with Crippen molar-refractivity contribution in [1.29, 1.82) is 0 Å². The van der Waals surface area contributed by atoms with Gasteiger partial charge in [0.15, 0.2) is 0 Å². The van der Waals surface area contributed by atoms with Crippen LogP contribution < -0.4 is 5.32 Å². The Labute approximate surface area is 124 Å². The van der Waals surface area contributed by atoms with Crippen molar-refractivity contribution < 1.29 is 9.53 Å². The van der Waals surface area contributed by atoms with Gasteiger partial charge in [-0.15, -0.1) is 0 Å². The first-order valence-electron chi connectivity index (χ1n) is 6.78. The van der Waals surface area contributed by atoms with Crippen LogP contribution in [0.15, 0.2) is 12.1 Å². The number of carbonyl (C=O) groups excluding carboxylic acids is 1. The fourth-order valence-electron chi connectivity index (χ4n) is 2.50. The highest BCUT2D eigenvalue weighted by molar-refractivity contribution is 6.33. The average Bonchev–Trinajstić information content (AvgIpc) is 2.48. The van der Waals surface area contributed by atoms with Gasteiger partial charge in [0.25, 0.3) is 5.91 Å². The molecule has 1 N–H and O–H groups in total. The number of methoxy groups -OCH3 is 1. The van der Waals surface area contributed by atoms with E-state index in [1.165, 1.54) is 0 Å². The van der Waals surface area contributed by atoms with Crippen LogP contribution in [0.2, 0.25) is 5.02 Å². The van der Waals surface area contributed by atoms with E-state index < -0.39 is 0 Å². The van der Waals surface area contributed by atoms with Crippen molar-refractivity contribution >= 4 is 23.3 Å². The van der Waals surface area contributed by atoms with Crippen LogP contribution >= 0.6 is 11.6 Å². The van der Waals surface area contributed by atoms with Gasteiger partial charge in [-0.1, -0.05) is 11.6 Å². The zero-order chi connectivity index (χ0) is 14.5. The second-order valence-corrected chi connectivity index (χ2v) is 5.40. The van der Waals surface area contributed by atoms with E-state index in [1.807, 2.05) is 4.90 Å². The highest BCUT2D eigenvalue weighted by Gasteiger charge is 2.26. The first-order chi connectivity index (χ1) is 9.65. The number of nitrogens with one attached hydrogen (secondary N) is 1. The number of rotatable bonds is 4. The third-order valence-corrected chi connectivity index (χ3v) is 3.82. The summed E-state index contributed by atoms with van der Waals surface area (Å²) in [5.74, 6) is 0.931. The van der Waals surface area contributed by atoms with Crippen LogP contribution in [0.1, 0.15) is 23.3 Å². The number of halogens is 1. The van der Waals surface area contributed by atoms with Crippen molar-refractivity contribution in [1.82, 2.24) is 9.88 Å². The molecule has 2 heterocycles. The van der Waals surface area contributed by atoms with Gasteiger partial charge in [0, 0.05) is 27.2 Å². The van der Waals surface area contributed by atoms with E-state index in [0.29, 0.717) is 35.6 Å². The molecule has 0 aliphatic carbocycles. The number of amides is 1. The van der Waals surface area contributed by atoms with Crippen molar-refractivity contribution in [2.45, 2.75) is 12.8 Å². The van der Waals surface area contributed by atoms with Crippen LogP contribution in [0.4, 0.5) is 5.82 Å². The molecule has 1 fully saturated rings. The third-order valence-electron chi connectivity index (χ3n) is 3.51. The zero-order valence-corrected chi connectivity index (χ0v) is 12.6. The SMILES string of the molecule is CNc1ccc(Cl)c(C(=O)N2CCCC(COC)C2)n1. The van der Waals surface area contributed by atoms with Crippen molar-refractivity contribution in [3.8, 4) is 0 Å². The standard InChI is InChI=1S/C14H20ClN3O2/c1-16-12-6-5-11(15)13(17-12)14(19)18-7-3-4-10(8-18)9-20-2/h5-6,10H,3-4,7-9H2,1-2H3,(H,16,17). The second kappa shape index (κ2) is 6.90. The quantitative estimate of drug-likeness (QED) is 0.926. The van der Waals surface area contributed by atoms with Crippen molar-refractivity contribution in [2.75, 3.05) is 39.2 Å². The number of hydrogen-bond donors (Lipinski definition) is 1. The van der Waals surface area contributed by atoms with Gasteiger partial charge in [-0.3, -0.25) is 4.79 Å². The fraction of sp³-hybridized carbons (Fsp3) is 0.571. The minimum absolute atomic E-state index is 0.104. The predicted octanol–water partition coefficient (Wildman–Crippen LogP) is 2.28. The summed E-state index contributed by atoms with van der Waals surface area (Å²) in [6.07, 6.45) is 2.08. The van der Waals surface area contributed by atoms with Gasteiger partial charge < -0.3 is 15.0 Å². The molecule has 0 aromatic carbocycles. The molecule has 0 spiro atoms. The summed E-state index contributed by atoms with van der Waals surface area (Å²) in [5, 5.41) is 3.31. The highest BCUT2D eigenvalue weighted by Crippen LogP contribution is 2.22. The Balaban J connectivity index is 2.14. The summed E-state index contributed by atoms with van der Waals surface area (Å²) < 4.78 is 5.19. The number of ether oxygens (including phenoxy) is 1. The number of pyridine rings is 1. The van der Waals surface area contributed by atoms with Crippen LogP contribution in [-0.4, -0.2) is 49.6 Å². The largest absolute Gasteiger partial charge is 0.384 e. The molecule has 1 aliphatic rings. The Kier molecular flexibility index (Phi) is 5.20. The van der Waals surface area contributed by atoms with E-state index in [4.69, 9.17) is 16.3 Å². The van der Waals surface area contributed by atoms with Gasteiger partial charge >= 0.3 is 0 Å². The lowest BCUT2D eigenvalue weighted by Crippen LogP contribution is -2.41. The van der Waals surface area contributed by atoms with Gasteiger partial charge in [0.05, 0.1) is 11.6 Å². The summed E-state index contributed by atoms with van der Waals surface area (Å²) in [6.45, 7) is 2.14. The third kappa shape index (κ3) is 3.41. The molecule has 1 aromatic rings. The lowest BCUT2D eigenvalue weighted by atomic mass is 9.98. The van der Waals surface area contributed by atoms with Gasteiger partial charge in [-0.05, 0) is 30.9 Å². The van der Waals surface area contributed by atoms with Crippen LogP contribution in [0.3, 0.4) is 0 Å². The molecule has 0 bridgehead atoms. The second-order valence-electron chi connectivity index (χ2n) is 4.99. The number of nitrogens with zero attached hydrogens (tertiary/aromatic N) is 2. The summed E-state index contributed by atoms with van der Waals surface area (Å²) in [4.78, 5) is 18.6. The van der Waals surface area contributed by atoms with Gasteiger partial charge in [0.2, 0.25) is 0 Å². The number of hydrogen-bond acceptors (Lipinski definition) is 4. The van der Waals surface area contributed by atoms with E-state index in [2.05, 4.69) is 10.3 Å². The first-order valence-corrected chi connectivity index (χ1v) is 7.16. The van der Waals surface area contributed by atoms with E-state index in [9.17, 15) is 4.79 Å². The molecule has 1 saturated heterocycles. The lowest BCUT2D eigenvalue weighted by molar-refractivity contribution is 0.0566. The highest BCUT2D eigenvalue weighted by atomic mass is 35.5. The molecule has 0 radical (unpaired) electrons. The van der Waals surface area contributed by atoms with Gasteiger partial charge in [0.1, 0.15) is 11.5 Å². The Hall–Kier alpha value is -1.33. The monoisotopic (exact) mass is 297 g/mol. The van der Waals surface area contributed by atoms with E-state index in [0.717, 1.165) is 19.4 Å². The molecule has 5 nitrogen and oxygen atoms in total. The van der Waals surface area contributed by atoms with Crippen LogP contribution in [0.25, 0.3) is 0 Å². The van der Waals surface area contributed by atoms with E-state index >= 15 is 0 Å². The molecular weight excluding hydrogens is 278 g/mol. The summed E-state index contributed by atoms with van der Waals surface area (Å²) in [7, 11) is 3.45. The van der Waals surface area contributed by atoms with Crippen molar-refractivity contribution in [3.05, 3.63) is 22.8 Å². The predicted molar refractivity (Wildman–Crippen MR) is 79.3 cm³/mol. The molecule has 1 aromatic heterocycles. The normalized spacial score (nSPS) is 18.9. The maximum atomic E-state index is 12.5. The van der Waals surface area contributed by atoms with Gasteiger partial charge in [-0.25, -0.2) is 4.98 Å². The minimum atomic E-state index is -0.104. The number of likely N-dealkylation sites (tertiary alicyclic amines) is 1. The maximum Gasteiger partial charge on any atom is 0.274 e. The molecule has 1 atom stereocenters. The topological polar surface area (TPSA) is 54.5 Å². The molecule has 1 amide bonds. The Bertz CT molecular complexity index is 479. The zero-order valence-electron chi connectivity index (χ0n) is 11.9. The molecule has 0 saturated carbocycles. The summed E-state index contributed by atoms with van der Waals surface area (Å²) in [5.41, 5.74) is 0.316. The maximum absolute atomic E-state index is 12.5. The van der Waals surface area contributed by atoms with E-state index in [-0.39, 0.29) is 5.91 Å². The number of carbonyl (C=O) groups is 1. The molecule has 2 rings (SSSR count).